The molecule has 0 fully saturated rings. The minimum Gasteiger partial charge on any atom is -0.496 e. The number of benzene rings is 2. The molecule has 2 rings (SSSR count). The van der Waals surface area contributed by atoms with Crippen molar-refractivity contribution >= 4 is 0 Å². The molecule has 0 amide bonds. The second-order valence-electron chi connectivity index (χ2n) is 5.47. The second kappa shape index (κ2) is 6.10. The number of aliphatic hydroxyl groups is 1. The summed E-state index contributed by atoms with van der Waals surface area (Å²) >= 11 is 0. The Bertz CT molecular complexity index is 570. The van der Waals surface area contributed by atoms with E-state index in [1.54, 1.807) is 7.11 Å². The molecule has 0 saturated heterocycles. The van der Waals surface area contributed by atoms with Gasteiger partial charge in [0.2, 0.25) is 0 Å². The van der Waals surface area contributed by atoms with E-state index in [1.807, 2.05) is 37.3 Å². The van der Waals surface area contributed by atoms with Gasteiger partial charge in [-0.05, 0) is 36.1 Å². The molecule has 2 nitrogen and oxygen atoms in total. The summed E-state index contributed by atoms with van der Waals surface area (Å²) in [5.41, 5.74) is 4.08. The molecule has 106 valence electrons. The van der Waals surface area contributed by atoms with Crippen LogP contribution in [0.2, 0.25) is 0 Å². The van der Waals surface area contributed by atoms with Crippen molar-refractivity contribution in [1.82, 2.24) is 0 Å². The lowest BCUT2D eigenvalue weighted by Gasteiger charge is -2.16. The highest BCUT2D eigenvalue weighted by atomic mass is 16.5. The molecule has 1 atom stereocenters. The maximum atomic E-state index is 10.6. The monoisotopic (exact) mass is 270 g/mol. The number of hydrogen-bond acceptors (Lipinski definition) is 2. The van der Waals surface area contributed by atoms with E-state index in [9.17, 15) is 5.11 Å². The first-order valence-corrected chi connectivity index (χ1v) is 6.95. The van der Waals surface area contributed by atoms with Crippen LogP contribution in [-0.2, 0) is 0 Å². The molecule has 0 aliphatic carbocycles. The lowest BCUT2D eigenvalue weighted by atomic mass is 9.96. The topological polar surface area (TPSA) is 29.5 Å². The highest BCUT2D eigenvalue weighted by Crippen LogP contribution is 2.31. The van der Waals surface area contributed by atoms with Crippen LogP contribution in [0.3, 0.4) is 0 Å². The fourth-order valence-electron chi connectivity index (χ4n) is 2.31. The van der Waals surface area contributed by atoms with Gasteiger partial charge in [-0.25, -0.2) is 0 Å². The highest BCUT2D eigenvalue weighted by molar-refractivity contribution is 5.43. The van der Waals surface area contributed by atoms with E-state index < -0.39 is 6.10 Å². The molecule has 0 aliphatic rings. The number of methoxy groups -OCH3 is 1. The molecular weight excluding hydrogens is 248 g/mol. The van der Waals surface area contributed by atoms with Crippen molar-refractivity contribution in [2.45, 2.75) is 32.8 Å². The summed E-state index contributed by atoms with van der Waals surface area (Å²) in [6, 6.07) is 14.0. The lowest BCUT2D eigenvalue weighted by molar-refractivity contribution is 0.214. The Morgan fingerprint density at radius 1 is 0.950 bits per heavy atom. The van der Waals surface area contributed by atoms with Gasteiger partial charge in [-0.2, -0.15) is 0 Å². The average molecular weight is 270 g/mol. The molecular formula is C18H22O2. The molecule has 0 heterocycles. The summed E-state index contributed by atoms with van der Waals surface area (Å²) in [4.78, 5) is 0. The zero-order chi connectivity index (χ0) is 14.7. The maximum absolute atomic E-state index is 10.6. The molecule has 20 heavy (non-hydrogen) atoms. The molecule has 0 aromatic heterocycles. The van der Waals surface area contributed by atoms with Gasteiger partial charge in [0.1, 0.15) is 11.9 Å². The van der Waals surface area contributed by atoms with Crippen molar-refractivity contribution in [1.29, 1.82) is 0 Å². The van der Waals surface area contributed by atoms with Gasteiger partial charge in [0.15, 0.2) is 0 Å². The van der Waals surface area contributed by atoms with Crippen molar-refractivity contribution in [2.24, 2.45) is 0 Å². The minimum absolute atomic E-state index is 0.495. The van der Waals surface area contributed by atoms with Crippen LogP contribution in [0.1, 0.15) is 48.1 Å². The van der Waals surface area contributed by atoms with Crippen LogP contribution in [-0.4, -0.2) is 12.2 Å². The molecule has 0 bridgehead atoms. The first kappa shape index (κ1) is 14.6. The molecule has 0 radical (unpaired) electrons. The Labute approximate surface area is 121 Å². The van der Waals surface area contributed by atoms with E-state index in [-0.39, 0.29) is 0 Å². The summed E-state index contributed by atoms with van der Waals surface area (Å²) in [7, 11) is 1.63. The van der Waals surface area contributed by atoms with Crippen LogP contribution in [0.15, 0.2) is 42.5 Å². The fraction of sp³-hybridized carbons (Fsp3) is 0.333. The molecule has 1 N–H and O–H groups in total. The zero-order valence-electron chi connectivity index (χ0n) is 12.6. The fourth-order valence-corrected chi connectivity index (χ4v) is 2.31. The van der Waals surface area contributed by atoms with Crippen LogP contribution < -0.4 is 4.74 Å². The van der Waals surface area contributed by atoms with Gasteiger partial charge in [-0.15, -0.1) is 0 Å². The van der Waals surface area contributed by atoms with E-state index in [0.29, 0.717) is 5.92 Å². The number of aliphatic hydroxyl groups excluding tert-OH is 1. The Kier molecular flexibility index (Phi) is 4.46. The van der Waals surface area contributed by atoms with Crippen molar-refractivity contribution < 1.29 is 9.84 Å². The Morgan fingerprint density at radius 2 is 1.55 bits per heavy atom. The first-order chi connectivity index (χ1) is 9.52. The SMILES string of the molecule is COc1ccc(C)cc1C(O)c1ccc(C(C)C)cc1. The van der Waals surface area contributed by atoms with E-state index in [2.05, 4.69) is 26.0 Å². The molecule has 2 heteroatoms. The summed E-state index contributed by atoms with van der Waals surface area (Å²) in [5.74, 6) is 1.21. The van der Waals surface area contributed by atoms with Gasteiger partial charge < -0.3 is 9.84 Å². The lowest BCUT2D eigenvalue weighted by Crippen LogP contribution is -2.03. The van der Waals surface area contributed by atoms with E-state index in [0.717, 1.165) is 22.4 Å². The minimum atomic E-state index is -0.661. The van der Waals surface area contributed by atoms with Crippen LogP contribution in [0.25, 0.3) is 0 Å². The number of hydrogen-bond donors (Lipinski definition) is 1. The largest absolute Gasteiger partial charge is 0.496 e. The predicted octanol–water partition coefficient (Wildman–Crippen LogP) is 4.21. The molecule has 1 unspecified atom stereocenters. The molecule has 0 saturated carbocycles. The van der Waals surface area contributed by atoms with E-state index >= 15 is 0 Å². The van der Waals surface area contributed by atoms with Gasteiger partial charge in [0.25, 0.3) is 0 Å². The molecule has 2 aromatic carbocycles. The zero-order valence-corrected chi connectivity index (χ0v) is 12.6. The first-order valence-electron chi connectivity index (χ1n) is 6.95. The van der Waals surface area contributed by atoms with Crippen molar-refractivity contribution in [2.75, 3.05) is 7.11 Å². The predicted molar refractivity (Wildman–Crippen MR) is 82.3 cm³/mol. The maximum Gasteiger partial charge on any atom is 0.125 e. The van der Waals surface area contributed by atoms with E-state index in [4.69, 9.17) is 4.74 Å². The van der Waals surface area contributed by atoms with Gasteiger partial charge >= 0.3 is 0 Å². The third-order valence-corrected chi connectivity index (χ3v) is 3.60. The third kappa shape index (κ3) is 3.02. The third-order valence-electron chi connectivity index (χ3n) is 3.60. The quantitative estimate of drug-likeness (QED) is 0.901. The molecule has 0 aliphatic heterocycles. The van der Waals surface area contributed by atoms with Crippen molar-refractivity contribution in [3.05, 3.63) is 64.7 Å². The van der Waals surface area contributed by atoms with Crippen LogP contribution in [0.4, 0.5) is 0 Å². The average Bonchev–Trinajstić information content (AvgIpc) is 2.46. The molecule has 2 aromatic rings. The van der Waals surface area contributed by atoms with Crippen molar-refractivity contribution in [3.63, 3.8) is 0 Å². The Hall–Kier alpha value is -1.80. The Morgan fingerprint density at radius 3 is 2.10 bits per heavy atom. The van der Waals surface area contributed by atoms with E-state index in [1.165, 1.54) is 5.56 Å². The summed E-state index contributed by atoms with van der Waals surface area (Å²) in [6.07, 6.45) is -0.661. The standard InChI is InChI=1S/C18H22O2/c1-12(2)14-6-8-15(9-7-14)18(19)16-11-13(3)5-10-17(16)20-4/h5-12,18-19H,1-4H3. The number of ether oxygens (including phenoxy) is 1. The van der Waals surface area contributed by atoms with Gasteiger partial charge in [0, 0.05) is 5.56 Å². The van der Waals surface area contributed by atoms with Gasteiger partial charge in [-0.1, -0.05) is 49.7 Å². The van der Waals surface area contributed by atoms with Crippen molar-refractivity contribution in [3.8, 4) is 5.75 Å². The highest BCUT2D eigenvalue weighted by Gasteiger charge is 2.15. The number of rotatable bonds is 4. The number of aryl methyl sites for hydroxylation is 1. The van der Waals surface area contributed by atoms with Crippen LogP contribution >= 0.6 is 0 Å². The van der Waals surface area contributed by atoms with Gasteiger partial charge in [-0.3, -0.25) is 0 Å². The second-order valence-corrected chi connectivity index (χ2v) is 5.47. The Balaban J connectivity index is 2.35. The summed E-state index contributed by atoms with van der Waals surface area (Å²) < 4.78 is 5.34. The summed E-state index contributed by atoms with van der Waals surface area (Å²) in [6.45, 7) is 6.33. The summed E-state index contributed by atoms with van der Waals surface area (Å²) in [5, 5.41) is 10.6. The van der Waals surface area contributed by atoms with Crippen LogP contribution in [0.5, 0.6) is 5.75 Å². The van der Waals surface area contributed by atoms with Gasteiger partial charge in [0.05, 0.1) is 7.11 Å². The smallest absolute Gasteiger partial charge is 0.125 e. The molecule has 0 spiro atoms. The normalized spacial score (nSPS) is 12.5. The van der Waals surface area contributed by atoms with Crippen LogP contribution in [0, 0.1) is 6.92 Å².